The highest BCUT2D eigenvalue weighted by Crippen LogP contribution is 2.29. The van der Waals surface area contributed by atoms with Gasteiger partial charge in [-0.1, -0.05) is 37.0 Å². The van der Waals surface area contributed by atoms with Crippen LogP contribution < -0.4 is 10.2 Å². The zero-order valence-corrected chi connectivity index (χ0v) is 14.0. The monoisotopic (exact) mass is 330 g/mol. The highest BCUT2D eigenvalue weighted by atomic mass is 35.5. The molecule has 21 heavy (non-hydrogen) atoms. The van der Waals surface area contributed by atoms with E-state index in [1.165, 1.54) is 11.8 Å². The molecular weight excluding hydrogens is 311 g/mol. The normalized spacial score (nSPS) is 10.6. The van der Waals surface area contributed by atoms with Gasteiger partial charge in [-0.3, -0.25) is 9.59 Å². The topological polar surface area (TPSA) is 49.4 Å². The second-order valence-electron chi connectivity index (χ2n) is 5.23. The van der Waals surface area contributed by atoms with Crippen LogP contribution in [0.4, 0.5) is 5.69 Å². The molecule has 1 aromatic rings. The molecule has 0 unspecified atom stereocenters. The molecule has 4 nitrogen and oxygen atoms in total. The summed E-state index contributed by atoms with van der Waals surface area (Å²) in [4.78, 5) is 25.0. The number of anilines is 1. The number of amides is 2. The Morgan fingerprint density at radius 3 is 2.52 bits per heavy atom. The Bertz CT molecular complexity index is 518. The largest absolute Gasteiger partial charge is 0.355 e. The molecular formula is C15H20Cl2N2O2. The van der Waals surface area contributed by atoms with Crippen molar-refractivity contribution in [3.63, 3.8) is 0 Å². The maximum Gasteiger partial charge on any atom is 0.240 e. The Balaban J connectivity index is 2.76. The first-order valence-electron chi connectivity index (χ1n) is 6.81. The fraction of sp³-hybridized carbons (Fsp3) is 0.467. The van der Waals surface area contributed by atoms with Gasteiger partial charge in [0.25, 0.3) is 0 Å². The van der Waals surface area contributed by atoms with Crippen molar-refractivity contribution >= 4 is 40.7 Å². The summed E-state index contributed by atoms with van der Waals surface area (Å²) in [5.74, 6) is 0.0247. The van der Waals surface area contributed by atoms with E-state index in [1.54, 1.807) is 18.2 Å². The molecule has 2 amide bonds. The van der Waals surface area contributed by atoms with Crippen LogP contribution in [0.2, 0.25) is 10.0 Å². The predicted octanol–water partition coefficient (Wildman–Crippen LogP) is 3.51. The number of rotatable bonds is 6. The predicted molar refractivity (Wildman–Crippen MR) is 87.0 cm³/mol. The second kappa shape index (κ2) is 8.25. The summed E-state index contributed by atoms with van der Waals surface area (Å²) in [6.07, 6.45) is 0.893. The van der Waals surface area contributed by atoms with E-state index in [4.69, 9.17) is 23.2 Å². The number of hydrogen-bond donors (Lipinski definition) is 1. The Labute approximate surface area is 135 Å². The molecule has 0 aliphatic carbocycles. The molecule has 0 saturated heterocycles. The fourth-order valence-corrected chi connectivity index (χ4v) is 2.14. The van der Waals surface area contributed by atoms with E-state index in [2.05, 4.69) is 19.2 Å². The minimum Gasteiger partial charge on any atom is -0.355 e. The fourth-order valence-electron chi connectivity index (χ4n) is 1.76. The van der Waals surface area contributed by atoms with Crippen LogP contribution in [0.1, 0.15) is 27.2 Å². The van der Waals surface area contributed by atoms with Crippen LogP contribution in [0.3, 0.4) is 0 Å². The summed E-state index contributed by atoms with van der Waals surface area (Å²) in [5.41, 5.74) is 0.440. The zero-order valence-electron chi connectivity index (χ0n) is 12.5. The molecule has 6 heteroatoms. The van der Waals surface area contributed by atoms with E-state index < -0.39 is 0 Å². The molecule has 0 bridgehead atoms. The maximum atomic E-state index is 11.9. The van der Waals surface area contributed by atoms with Crippen LogP contribution in [-0.2, 0) is 9.59 Å². The van der Waals surface area contributed by atoms with Crippen molar-refractivity contribution in [2.45, 2.75) is 27.2 Å². The highest BCUT2D eigenvalue weighted by molar-refractivity contribution is 6.35. The van der Waals surface area contributed by atoms with Gasteiger partial charge in [0.15, 0.2) is 0 Å². The first-order chi connectivity index (χ1) is 9.81. The van der Waals surface area contributed by atoms with Crippen molar-refractivity contribution in [1.82, 2.24) is 5.32 Å². The second-order valence-corrected chi connectivity index (χ2v) is 6.08. The number of carbonyl (C=O) groups is 2. The van der Waals surface area contributed by atoms with Gasteiger partial charge in [-0.15, -0.1) is 0 Å². The summed E-state index contributed by atoms with van der Waals surface area (Å²) in [6.45, 7) is 6.07. The molecule has 0 atom stereocenters. The molecule has 0 heterocycles. The van der Waals surface area contributed by atoms with E-state index in [-0.39, 0.29) is 18.4 Å². The lowest BCUT2D eigenvalue weighted by Crippen LogP contribution is -2.40. The first kappa shape index (κ1) is 17.8. The van der Waals surface area contributed by atoms with E-state index in [0.717, 1.165) is 6.42 Å². The number of hydrogen-bond acceptors (Lipinski definition) is 2. The van der Waals surface area contributed by atoms with Crippen LogP contribution in [0.15, 0.2) is 18.2 Å². The highest BCUT2D eigenvalue weighted by Gasteiger charge is 2.18. The minimum atomic E-state index is -0.266. The summed E-state index contributed by atoms with van der Waals surface area (Å²) < 4.78 is 0. The van der Waals surface area contributed by atoms with Crippen molar-refractivity contribution in [3.05, 3.63) is 28.2 Å². The summed E-state index contributed by atoms with van der Waals surface area (Å²) >= 11 is 12.0. The molecule has 0 radical (unpaired) electrons. The molecule has 1 aromatic carbocycles. The van der Waals surface area contributed by atoms with Gasteiger partial charge in [-0.25, -0.2) is 0 Å². The smallest absolute Gasteiger partial charge is 0.240 e. The van der Waals surface area contributed by atoms with Gasteiger partial charge < -0.3 is 10.2 Å². The molecule has 1 N–H and O–H groups in total. The average Bonchev–Trinajstić information content (AvgIpc) is 2.38. The molecule has 0 aliphatic heterocycles. The lowest BCUT2D eigenvalue weighted by molar-refractivity contribution is -0.123. The molecule has 0 spiro atoms. The summed E-state index contributed by atoms with van der Waals surface area (Å²) in [6, 6.07) is 4.81. The van der Waals surface area contributed by atoms with Crippen molar-refractivity contribution in [2.24, 2.45) is 5.92 Å². The number of nitrogens with one attached hydrogen (secondary N) is 1. The summed E-state index contributed by atoms with van der Waals surface area (Å²) in [7, 11) is 0. The Hall–Kier alpha value is -1.26. The quantitative estimate of drug-likeness (QED) is 0.867. The van der Waals surface area contributed by atoms with Crippen LogP contribution in [-0.4, -0.2) is 24.9 Å². The Morgan fingerprint density at radius 2 is 1.95 bits per heavy atom. The standard InChI is InChI=1S/C15H20Cl2N2O2/c1-10(2)6-7-18-15(21)9-19(11(3)20)14-8-12(16)4-5-13(14)17/h4-5,8,10H,6-7,9H2,1-3H3,(H,18,21). The first-order valence-corrected chi connectivity index (χ1v) is 7.56. The van der Waals surface area contributed by atoms with Crippen molar-refractivity contribution in [1.29, 1.82) is 0 Å². The van der Waals surface area contributed by atoms with Crippen molar-refractivity contribution in [3.8, 4) is 0 Å². The van der Waals surface area contributed by atoms with Crippen LogP contribution >= 0.6 is 23.2 Å². The zero-order chi connectivity index (χ0) is 16.0. The van der Waals surface area contributed by atoms with Gasteiger partial charge in [-0.2, -0.15) is 0 Å². The van der Waals surface area contributed by atoms with Crippen molar-refractivity contribution < 1.29 is 9.59 Å². The van der Waals surface area contributed by atoms with E-state index in [9.17, 15) is 9.59 Å². The van der Waals surface area contributed by atoms with Crippen LogP contribution in [0.5, 0.6) is 0 Å². The number of carbonyl (C=O) groups excluding carboxylic acids is 2. The third-order valence-corrected chi connectivity index (χ3v) is 3.48. The molecule has 0 aromatic heterocycles. The van der Waals surface area contributed by atoms with Crippen molar-refractivity contribution in [2.75, 3.05) is 18.0 Å². The van der Waals surface area contributed by atoms with Gasteiger partial charge >= 0.3 is 0 Å². The van der Waals surface area contributed by atoms with Gasteiger partial charge in [0.05, 0.1) is 10.7 Å². The van der Waals surface area contributed by atoms with E-state index in [0.29, 0.717) is 28.2 Å². The summed E-state index contributed by atoms with van der Waals surface area (Å²) in [5, 5.41) is 3.63. The average molecular weight is 331 g/mol. The molecule has 0 fully saturated rings. The van der Waals surface area contributed by atoms with Gasteiger partial charge in [0, 0.05) is 18.5 Å². The molecule has 0 aliphatic rings. The Kier molecular flexibility index (Phi) is 6.99. The van der Waals surface area contributed by atoms with Crippen LogP contribution in [0, 0.1) is 5.92 Å². The lowest BCUT2D eigenvalue weighted by atomic mass is 10.1. The minimum absolute atomic E-state index is 0.0759. The maximum absolute atomic E-state index is 11.9. The van der Waals surface area contributed by atoms with Gasteiger partial charge in [0.1, 0.15) is 6.54 Å². The van der Waals surface area contributed by atoms with E-state index >= 15 is 0 Å². The molecule has 0 saturated carbocycles. The third kappa shape index (κ3) is 5.94. The molecule has 1 rings (SSSR count). The number of nitrogens with zero attached hydrogens (tertiary/aromatic N) is 1. The number of benzene rings is 1. The SMILES string of the molecule is CC(=O)N(CC(=O)NCCC(C)C)c1cc(Cl)ccc1Cl. The molecule has 116 valence electrons. The van der Waals surface area contributed by atoms with Gasteiger partial charge in [0.2, 0.25) is 11.8 Å². The van der Waals surface area contributed by atoms with Crippen LogP contribution in [0.25, 0.3) is 0 Å². The Morgan fingerprint density at radius 1 is 1.29 bits per heavy atom. The number of halogens is 2. The van der Waals surface area contributed by atoms with E-state index in [1.807, 2.05) is 0 Å². The third-order valence-electron chi connectivity index (χ3n) is 2.92. The van der Waals surface area contributed by atoms with Gasteiger partial charge in [-0.05, 0) is 30.5 Å². The lowest BCUT2D eigenvalue weighted by Gasteiger charge is -2.22.